The van der Waals surface area contributed by atoms with Gasteiger partial charge < -0.3 is 5.21 Å². The van der Waals surface area contributed by atoms with E-state index in [1.165, 1.54) is 19.3 Å². The minimum Gasteiger partial charge on any atom is -0.317 e. The number of unbranched alkanes of at least 4 members (excludes halogenated alkanes) is 2. The van der Waals surface area contributed by atoms with Crippen LogP contribution >= 0.6 is 0 Å². The van der Waals surface area contributed by atoms with Gasteiger partial charge in [0, 0.05) is 6.04 Å². The van der Waals surface area contributed by atoms with Crippen LogP contribution in [0.2, 0.25) is 0 Å². The average Bonchev–Trinajstić information content (AvgIpc) is 1.89. The van der Waals surface area contributed by atoms with Gasteiger partial charge in [0.05, 0.1) is 0 Å². The summed E-state index contributed by atoms with van der Waals surface area (Å²) >= 11 is 0. The van der Waals surface area contributed by atoms with Gasteiger partial charge >= 0.3 is 0 Å². The molecule has 1 atom stereocenters. The minimum atomic E-state index is 0.261. The highest BCUT2D eigenvalue weighted by atomic mass is 16.5. The maximum Gasteiger partial charge on any atom is 0.0291 e. The Balaban J connectivity index is 2.88. The Bertz CT molecular complexity index is 56.9. The van der Waals surface area contributed by atoms with E-state index >= 15 is 0 Å². The molecule has 0 bridgehead atoms. The smallest absolute Gasteiger partial charge is 0.0291 e. The molecule has 0 aromatic heterocycles. The summed E-state index contributed by atoms with van der Waals surface area (Å²) in [6, 6.07) is 0.261. The maximum absolute atomic E-state index is 8.38. The first-order valence-electron chi connectivity index (χ1n) is 3.70. The quantitative estimate of drug-likeness (QED) is 0.441. The molecular formula is C7H17NO. The summed E-state index contributed by atoms with van der Waals surface area (Å²) in [5.74, 6) is 0. The predicted molar refractivity (Wildman–Crippen MR) is 38.5 cm³/mol. The highest BCUT2D eigenvalue weighted by molar-refractivity contribution is 4.52. The van der Waals surface area contributed by atoms with E-state index in [2.05, 4.69) is 12.4 Å². The zero-order chi connectivity index (χ0) is 7.11. The van der Waals surface area contributed by atoms with Crippen LogP contribution in [0.15, 0.2) is 0 Å². The molecule has 1 unspecified atom stereocenters. The molecule has 0 saturated heterocycles. The molecule has 0 aliphatic carbocycles. The van der Waals surface area contributed by atoms with Crippen LogP contribution < -0.4 is 5.48 Å². The van der Waals surface area contributed by atoms with Crippen molar-refractivity contribution in [3.8, 4) is 0 Å². The van der Waals surface area contributed by atoms with Gasteiger partial charge in [0.1, 0.15) is 0 Å². The molecule has 56 valence electrons. The van der Waals surface area contributed by atoms with Gasteiger partial charge in [-0.1, -0.05) is 26.2 Å². The predicted octanol–water partition coefficient (Wildman–Crippen LogP) is 1.93. The third-order valence-electron chi connectivity index (χ3n) is 1.46. The van der Waals surface area contributed by atoms with E-state index in [4.69, 9.17) is 5.21 Å². The first-order valence-corrected chi connectivity index (χ1v) is 3.70. The van der Waals surface area contributed by atoms with Crippen molar-refractivity contribution < 1.29 is 5.21 Å². The van der Waals surface area contributed by atoms with Crippen molar-refractivity contribution in [3.63, 3.8) is 0 Å². The first kappa shape index (κ1) is 8.92. The van der Waals surface area contributed by atoms with Crippen molar-refractivity contribution in [2.24, 2.45) is 0 Å². The summed E-state index contributed by atoms with van der Waals surface area (Å²) in [7, 11) is 0. The van der Waals surface area contributed by atoms with Crippen LogP contribution in [0.3, 0.4) is 0 Å². The molecule has 9 heavy (non-hydrogen) atoms. The Hall–Kier alpha value is -0.0800. The van der Waals surface area contributed by atoms with Crippen molar-refractivity contribution in [3.05, 3.63) is 0 Å². The molecule has 0 radical (unpaired) electrons. The van der Waals surface area contributed by atoms with Gasteiger partial charge in [-0.15, -0.1) is 0 Å². The lowest BCUT2D eigenvalue weighted by atomic mass is 10.1. The van der Waals surface area contributed by atoms with Crippen LogP contribution in [0.5, 0.6) is 0 Å². The number of hydroxylamine groups is 1. The molecular weight excluding hydrogens is 114 g/mol. The fourth-order valence-electron chi connectivity index (χ4n) is 0.765. The number of nitrogens with one attached hydrogen (secondary N) is 1. The van der Waals surface area contributed by atoms with Gasteiger partial charge in [-0.2, -0.15) is 0 Å². The topological polar surface area (TPSA) is 32.3 Å². The highest BCUT2D eigenvalue weighted by Gasteiger charge is 1.96. The molecule has 0 aromatic carbocycles. The van der Waals surface area contributed by atoms with Crippen molar-refractivity contribution in [1.82, 2.24) is 5.48 Å². The zero-order valence-electron chi connectivity index (χ0n) is 6.35. The summed E-state index contributed by atoms with van der Waals surface area (Å²) < 4.78 is 0. The van der Waals surface area contributed by atoms with E-state index in [0.29, 0.717) is 0 Å². The molecule has 2 heteroatoms. The summed E-state index contributed by atoms with van der Waals surface area (Å²) in [6.45, 7) is 4.16. The van der Waals surface area contributed by atoms with E-state index in [1.54, 1.807) is 0 Å². The Morgan fingerprint density at radius 2 is 2.11 bits per heavy atom. The summed E-state index contributed by atoms with van der Waals surface area (Å²) in [6.07, 6.45) is 4.81. The largest absolute Gasteiger partial charge is 0.317 e. The maximum atomic E-state index is 8.38. The van der Waals surface area contributed by atoms with Crippen LogP contribution in [-0.2, 0) is 0 Å². The van der Waals surface area contributed by atoms with E-state index < -0.39 is 0 Å². The van der Waals surface area contributed by atoms with Gasteiger partial charge in [0.25, 0.3) is 0 Å². The van der Waals surface area contributed by atoms with E-state index in [-0.39, 0.29) is 6.04 Å². The van der Waals surface area contributed by atoms with Crippen molar-refractivity contribution in [2.45, 2.75) is 45.6 Å². The molecule has 0 fully saturated rings. The van der Waals surface area contributed by atoms with Crippen LogP contribution in [0.1, 0.15) is 39.5 Å². The summed E-state index contributed by atoms with van der Waals surface area (Å²) in [5, 5.41) is 8.38. The third-order valence-corrected chi connectivity index (χ3v) is 1.46. The average molecular weight is 131 g/mol. The van der Waals surface area contributed by atoms with Gasteiger partial charge in [0.2, 0.25) is 0 Å². The Morgan fingerprint density at radius 1 is 1.44 bits per heavy atom. The Morgan fingerprint density at radius 3 is 2.56 bits per heavy atom. The molecule has 2 N–H and O–H groups in total. The molecule has 0 aliphatic heterocycles. The Labute approximate surface area is 57.2 Å². The van der Waals surface area contributed by atoms with Crippen LogP contribution in [0, 0.1) is 0 Å². The third kappa shape index (κ3) is 5.80. The van der Waals surface area contributed by atoms with E-state index in [0.717, 1.165) is 6.42 Å². The second kappa shape index (κ2) is 6.05. The number of hydrogen-bond acceptors (Lipinski definition) is 2. The molecule has 0 rings (SSSR count). The van der Waals surface area contributed by atoms with Gasteiger partial charge in [-0.25, -0.2) is 5.48 Å². The number of rotatable bonds is 5. The molecule has 0 aromatic rings. The van der Waals surface area contributed by atoms with Crippen molar-refractivity contribution in [2.75, 3.05) is 0 Å². The highest BCUT2D eigenvalue weighted by Crippen LogP contribution is 2.01. The van der Waals surface area contributed by atoms with Crippen LogP contribution in [-0.4, -0.2) is 11.2 Å². The van der Waals surface area contributed by atoms with Crippen LogP contribution in [0.25, 0.3) is 0 Å². The summed E-state index contributed by atoms with van der Waals surface area (Å²) in [4.78, 5) is 0. The molecule has 2 nitrogen and oxygen atoms in total. The Kier molecular flexibility index (Phi) is 5.99. The van der Waals surface area contributed by atoms with Gasteiger partial charge in [-0.3, -0.25) is 0 Å². The van der Waals surface area contributed by atoms with Crippen molar-refractivity contribution in [1.29, 1.82) is 0 Å². The zero-order valence-corrected chi connectivity index (χ0v) is 6.35. The lowest BCUT2D eigenvalue weighted by Crippen LogP contribution is -2.21. The van der Waals surface area contributed by atoms with E-state index in [9.17, 15) is 0 Å². The van der Waals surface area contributed by atoms with Gasteiger partial charge in [-0.05, 0) is 13.3 Å². The fraction of sp³-hybridized carbons (Fsp3) is 1.00. The second-order valence-corrected chi connectivity index (χ2v) is 2.53. The molecule has 0 spiro atoms. The minimum absolute atomic E-state index is 0.261. The fourth-order valence-corrected chi connectivity index (χ4v) is 0.765. The van der Waals surface area contributed by atoms with E-state index in [1.807, 2.05) is 6.92 Å². The van der Waals surface area contributed by atoms with Crippen LogP contribution in [0.4, 0.5) is 0 Å². The molecule has 0 saturated carbocycles. The molecule has 0 amide bonds. The van der Waals surface area contributed by atoms with Gasteiger partial charge in [0.15, 0.2) is 0 Å². The molecule has 0 aliphatic rings. The normalized spacial score (nSPS) is 13.7. The lowest BCUT2D eigenvalue weighted by molar-refractivity contribution is 0.127. The first-order chi connectivity index (χ1) is 4.31. The molecule has 0 heterocycles. The van der Waals surface area contributed by atoms with Crippen molar-refractivity contribution >= 4 is 0 Å². The standard InChI is InChI=1S/C7H17NO/c1-3-4-5-6-7(2)8-9/h7-9H,3-6H2,1-2H3. The lowest BCUT2D eigenvalue weighted by Gasteiger charge is -2.06. The SMILES string of the molecule is CCCCCC(C)NO. The monoisotopic (exact) mass is 131 g/mol. The second-order valence-electron chi connectivity index (χ2n) is 2.53. The summed E-state index contributed by atoms with van der Waals surface area (Å²) in [5.41, 5.74) is 2.22. The number of hydrogen-bond donors (Lipinski definition) is 2.